The molecule has 0 aliphatic carbocycles. The second-order valence-corrected chi connectivity index (χ2v) is 8.93. The Morgan fingerprint density at radius 1 is 1.15 bits per heavy atom. The number of thiazole rings is 1. The molecular formula is C26H23N3O3S. The standard InChI is InChI=1S/C26H23N3O3S/c1-4-32-25(31)22-16(3)28-26-29(23(22)17-10-6-5-7-11-17)24(30)21(33-26)14-19-15(2)27-20-13-9-8-12-18(19)20/h5-14,23,27H,4H2,1-3H3/b21-14+/t23-/m1/s1. The molecule has 0 radical (unpaired) electrons. The Morgan fingerprint density at radius 3 is 2.64 bits per heavy atom. The Balaban J connectivity index is 1.76. The van der Waals surface area contributed by atoms with Gasteiger partial charge in [-0.15, -0.1) is 0 Å². The van der Waals surface area contributed by atoms with Crippen LogP contribution in [-0.2, 0) is 9.53 Å². The fourth-order valence-electron chi connectivity index (χ4n) is 4.36. The SMILES string of the molecule is CCOC(=O)C1=C(C)N=c2s/c(=C/c3c(C)[nH]c4ccccc34)c(=O)n2[C@@H]1c1ccccc1. The number of hydrogen-bond donors (Lipinski definition) is 1. The van der Waals surface area contributed by atoms with Gasteiger partial charge < -0.3 is 9.72 Å². The second-order valence-electron chi connectivity index (χ2n) is 7.92. The predicted molar refractivity (Wildman–Crippen MR) is 130 cm³/mol. The number of allylic oxidation sites excluding steroid dienone is 1. The predicted octanol–water partition coefficient (Wildman–Crippen LogP) is 3.59. The number of hydrogen-bond acceptors (Lipinski definition) is 5. The van der Waals surface area contributed by atoms with E-state index in [0.29, 0.717) is 20.6 Å². The van der Waals surface area contributed by atoms with Crippen LogP contribution in [0.4, 0.5) is 0 Å². The van der Waals surface area contributed by atoms with Gasteiger partial charge in [0.1, 0.15) is 0 Å². The Morgan fingerprint density at radius 2 is 1.88 bits per heavy atom. The maximum atomic E-state index is 13.7. The normalized spacial score (nSPS) is 16.1. The Labute approximate surface area is 194 Å². The van der Waals surface area contributed by atoms with Crippen LogP contribution in [0.2, 0.25) is 0 Å². The van der Waals surface area contributed by atoms with E-state index in [1.807, 2.05) is 67.6 Å². The first kappa shape index (κ1) is 21.2. The Bertz CT molecular complexity index is 1590. The van der Waals surface area contributed by atoms with Crippen LogP contribution in [0.15, 0.2) is 75.7 Å². The number of aryl methyl sites for hydroxylation is 1. The maximum Gasteiger partial charge on any atom is 0.338 e. The average molecular weight is 458 g/mol. The number of aromatic amines is 1. The molecule has 0 saturated heterocycles. The Kier molecular flexibility index (Phi) is 5.34. The molecule has 33 heavy (non-hydrogen) atoms. The van der Waals surface area contributed by atoms with Gasteiger partial charge in [-0.05, 0) is 38.5 Å². The number of fused-ring (bicyclic) bond motifs is 2. The van der Waals surface area contributed by atoms with E-state index in [9.17, 15) is 9.59 Å². The number of H-pyrrole nitrogens is 1. The van der Waals surface area contributed by atoms with Gasteiger partial charge in [-0.2, -0.15) is 0 Å². The zero-order valence-electron chi connectivity index (χ0n) is 18.6. The lowest BCUT2D eigenvalue weighted by atomic mass is 9.96. The average Bonchev–Trinajstić information content (AvgIpc) is 3.29. The molecule has 166 valence electrons. The molecule has 0 saturated carbocycles. The first-order valence-corrected chi connectivity index (χ1v) is 11.6. The van der Waals surface area contributed by atoms with Crippen molar-refractivity contribution in [3.63, 3.8) is 0 Å². The van der Waals surface area contributed by atoms with Crippen LogP contribution in [0.3, 0.4) is 0 Å². The first-order chi connectivity index (χ1) is 16.0. The third-order valence-corrected chi connectivity index (χ3v) is 6.83. The molecule has 6 nitrogen and oxygen atoms in total. The number of ether oxygens (including phenoxy) is 1. The van der Waals surface area contributed by atoms with Gasteiger partial charge in [0.15, 0.2) is 4.80 Å². The molecule has 1 aliphatic heterocycles. The minimum absolute atomic E-state index is 0.174. The quantitative estimate of drug-likeness (QED) is 0.476. The van der Waals surface area contributed by atoms with Crippen molar-refractivity contribution in [2.45, 2.75) is 26.8 Å². The lowest BCUT2D eigenvalue weighted by Gasteiger charge is -2.24. The summed E-state index contributed by atoms with van der Waals surface area (Å²) in [6, 6.07) is 17.0. The fraction of sp³-hybridized carbons (Fsp3) is 0.192. The number of esters is 1. The number of carbonyl (C=O) groups is 1. The van der Waals surface area contributed by atoms with E-state index in [2.05, 4.69) is 9.98 Å². The van der Waals surface area contributed by atoms with Crippen LogP contribution in [0.25, 0.3) is 17.0 Å². The summed E-state index contributed by atoms with van der Waals surface area (Å²) in [6.45, 7) is 5.81. The van der Waals surface area contributed by atoms with Crippen LogP contribution >= 0.6 is 11.3 Å². The largest absolute Gasteiger partial charge is 0.463 e. The topological polar surface area (TPSA) is 76.4 Å². The lowest BCUT2D eigenvalue weighted by molar-refractivity contribution is -0.139. The molecule has 1 atom stereocenters. The first-order valence-electron chi connectivity index (χ1n) is 10.8. The molecule has 7 heteroatoms. The van der Waals surface area contributed by atoms with Gasteiger partial charge in [-0.1, -0.05) is 59.9 Å². The third kappa shape index (κ3) is 3.54. The van der Waals surface area contributed by atoms with Crippen molar-refractivity contribution in [1.29, 1.82) is 0 Å². The molecule has 5 rings (SSSR count). The number of rotatable bonds is 4. The van der Waals surface area contributed by atoms with E-state index in [4.69, 9.17) is 4.74 Å². The summed E-state index contributed by atoms with van der Waals surface area (Å²) < 4.78 is 7.52. The smallest absolute Gasteiger partial charge is 0.338 e. The number of para-hydroxylation sites is 1. The van der Waals surface area contributed by atoms with Crippen LogP contribution in [0, 0.1) is 6.92 Å². The van der Waals surface area contributed by atoms with Crippen molar-refractivity contribution in [3.05, 3.63) is 102 Å². The van der Waals surface area contributed by atoms with Gasteiger partial charge >= 0.3 is 5.97 Å². The molecule has 2 aromatic heterocycles. The van der Waals surface area contributed by atoms with Crippen LogP contribution in [-0.4, -0.2) is 22.1 Å². The highest BCUT2D eigenvalue weighted by molar-refractivity contribution is 7.07. The minimum atomic E-state index is -0.590. The van der Waals surface area contributed by atoms with Crippen LogP contribution in [0.1, 0.15) is 36.7 Å². The summed E-state index contributed by atoms with van der Waals surface area (Å²) in [5.41, 5.74) is 4.62. The van der Waals surface area contributed by atoms with Gasteiger partial charge in [0.2, 0.25) is 0 Å². The number of nitrogens with zero attached hydrogens (tertiary/aromatic N) is 2. The molecule has 0 amide bonds. The highest BCUT2D eigenvalue weighted by Crippen LogP contribution is 2.30. The maximum absolute atomic E-state index is 13.7. The molecule has 0 spiro atoms. The molecule has 0 fully saturated rings. The molecule has 4 aromatic rings. The highest BCUT2D eigenvalue weighted by atomic mass is 32.1. The van der Waals surface area contributed by atoms with Crippen molar-refractivity contribution in [2.24, 2.45) is 4.99 Å². The zero-order chi connectivity index (χ0) is 23.1. The number of carbonyl (C=O) groups excluding carboxylic acids is 1. The van der Waals surface area contributed by atoms with Gasteiger partial charge in [0, 0.05) is 22.2 Å². The molecule has 1 aliphatic rings. The van der Waals surface area contributed by atoms with Crippen molar-refractivity contribution in [3.8, 4) is 0 Å². The Hall–Kier alpha value is -3.71. The summed E-state index contributed by atoms with van der Waals surface area (Å²) >= 11 is 1.33. The third-order valence-electron chi connectivity index (χ3n) is 5.85. The summed E-state index contributed by atoms with van der Waals surface area (Å²) in [6.07, 6.45) is 1.92. The van der Waals surface area contributed by atoms with Crippen molar-refractivity contribution < 1.29 is 9.53 Å². The van der Waals surface area contributed by atoms with Gasteiger partial charge in [0.05, 0.1) is 28.5 Å². The molecule has 3 heterocycles. The number of nitrogens with one attached hydrogen (secondary N) is 1. The monoisotopic (exact) mass is 457 g/mol. The van der Waals surface area contributed by atoms with E-state index in [-0.39, 0.29) is 12.2 Å². The molecule has 1 N–H and O–H groups in total. The van der Waals surface area contributed by atoms with Gasteiger partial charge in [-0.3, -0.25) is 9.36 Å². The number of benzene rings is 2. The highest BCUT2D eigenvalue weighted by Gasteiger charge is 2.33. The summed E-state index contributed by atoms with van der Waals surface area (Å²) in [5, 5.41) is 1.06. The van der Waals surface area contributed by atoms with Crippen molar-refractivity contribution >= 4 is 34.3 Å². The molecule has 2 aromatic carbocycles. The van der Waals surface area contributed by atoms with Crippen molar-refractivity contribution in [1.82, 2.24) is 9.55 Å². The minimum Gasteiger partial charge on any atom is -0.463 e. The number of aromatic nitrogens is 2. The van der Waals surface area contributed by atoms with Crippen LogP contribution < -0.4 is 14.9 Å². The molecule has 0 bridgehead atoms. The van der Waals surface area contributed by atoms with E-state index < -0.39 is 12.0 Å². The van der Waals surface area contributed by atoms with Gasteiger partial charge in [-0.25, -0.2) is 9.79 Å². The second kappa shape index (κ2) is 8.33. The lowest BCUT2D eigenvalue weighted by Crippen LogP contribution is -2.39. The van der Waals surface area contributed by atoms with E-state index in [1.165, 1.54) is 11.3 Å². The van der Waals surface area contributed by atoms with E-state index >= 15 is 0 Å². The fourth-order valence-corrected chi connectivity index (χ4v) is 5.39. The van der Waals surface area contributed by atoms with E-state index in [1.54, 1.807) is 18.4 Å². The van der Waals surface area contributed by atoms with Gasteiger partial charge in [0.25, 0.3) is 5.56 Å². The van der Waals surface area contributed by atoms with E-state index in [0.717, 1.165) is 27.7 Å². The van der Waals surface area contributed by atoms with Crippen molar-refractivity contribution in [2.75, 3.05) is 6.61 Å². The summed E-state index contributed by atoms with van der Waals surface area (Å²) in [7, 11) is 0. The molecular weight excluding hydrogens is 434 g/mol. The van der Waals surface area contributed by atoms with Crippen LogP contribution in [0.5, 0.6) is 0 Å². The molecule has 0 unspecified atom stereocenters. The summed E-state index contributed by atoms with van der Waals surface area (Å²) in [5.74, 6) is -0.450. The zero-order valence-corrected chi connectivity index (χ0v) is 19.4. The summed E-state index contributed by atoms with van der Waals surface area (Å²) in [4.78, 5) is 35.2.